The van der Waals surface area contributed by atoms with Crippen LogP contribution in [0.4, 0.5) is 10.5 Å². The molecule has 0 aliphatic rings. The van der Waals surface area contributed by atoms with Gasteiger partial charge in [-0.15, -0.1) is 0 Å². The molecular weight excluding hydrogens is 324 g/mol. The SMILES string of the molecule is CCOC(=O)c1ccccc1NC(=O)C(CC)NC(=O)OC(C)(C)C. The molecule has 1 unspecified atom stereocenters. The number of para-hydroxylation sites is 1. The Labute approximate surface area is 148 Å². The fraction of sp³-hybridized carbons (Fsp3) is 0.500. The molecule has 0 saturated carbocycles. The van der Waals surface area contributed by atoms with Crippen molar-refractivity contribution < 1.29 is 23.9 Å². The van der Waals surface area contributed by atoms with Crippen molar-refractivity contribution in [2.24, 2.45) is 0 Å². The zero-order valence-corrected chi connectivity index (χ0v) is 15.3. The molecule has 0 aromatic heterocycles. The number of ether oxygens (including phenoxy) is 2. The number of hydrogen-bond donors (Lipinski definition) is 2. The van der Waals surface area contributed by atoms with Crippen LogP contribution in [0.25, 0.3) is 0 Å². The van der Waals surface area contributed by atoms with Crippen LogP contribution in [0.1, 0.15) is 51.4 Å². The Morgan fingerprint density at radius 1 is 1.12 bits per heavy atom. The lowest BCUT2D eigenvalue weighted by Gasteiger charge is -2.23. The lowest BCUT2D eigenvalue weighted by atomic mass is 10.1. The number of nitrogens with one attached hydrogen (secondary N) is 2. The Hall–Kier alpha value is -2.57. The van der Waals surface area contributed by atoms with E-state index < -0.39 is 29.6 Å². The Bertz CT molecular complexity index is 622. The molecule has 0 saturated heterocycles. The van der Waals surface area contributed by atoms with Crippen molar-refractivity contribution in [3.8, 4) is 0 Å². The van der Waals surface area contributed by atoms with Crippen LogP contribution in [-0.4, -0.2) is 36.2 Å². The van der Waals surface area contributed by atoms with Crippen LogP contribution in [-0.2, 0) is 14.3 Å². The largest absolute Gasteiger partial charge is 0.462 e. The van der Waals surface area contributed by atoms with Crippen molar-refractivity contribution in [2.75, 3.05) is 11.9 Å². The van der Waals surface area contributed by atoms with Crippen LogP contribution in [0, 0.1) is 0 Å². The first kappa shape index (κ1) is 20.5. The molecule has 1 aromatic carbocycles. The number of rotatable bonds is 6. The average molecular weight is 350 g/mol. The van der Waals surface area contributed by atoms with Crippen molar-refractivity contribution in [1.29, 1.82) is 0 Å². The quantitative estimate of drug-likeness (QED) is 0.769. The first-order valence-electron chi connectivity index (χ1n) is 8.24. The molecule has 25 heavy (non-hydrogen) atoms. The Morgan fingerprint density at radius 3 is 2.32 bits per heavy atom. The maximum absolute atomic E-state index is 12.4. The average Bonchev–Trinajstić information content (AvgIpc) is 2.51. The van der Waals surface area contributed by atoms with Crippen LogP contribution in [0.2, 0.25) is 0 Å². The van der Waals surface area contributed by atoms with Gasteiger partial charge in [-0.3, -0.25) is 4.79 Å². The highest BCUT2D eigenvalue weighted by Gasteiger charge is 2.24. The summed E-state index contributed by atoms with van der Waals surface area (Å²) < 4.78 is 10.1. The van der Waals surface area contributed by atoms with Crippen molar-refractivity contribution in [2.45, 2.75) is 52.7 Å². The predicted molar refractivity (Wildman–Crippen MR) is 94.5 cm³/mol. The topological polar surface area (TPSA) is 93.7 Å². The van der Waals surface area contributed by atoms with Gasteiger partial charge in [0.25, 0.3) is 0 Å². The van der Waals surface area contributed by atoms with E-state index >= 15 is 0 Å². The van der Waals surface area contributed by atoms with E-state index in [2.05, 4.69) is 10.6 Å². The third kappa shape index (κ3) is 6.82. The number of hydrogen-bond acceptors (Lipinski definition) is 5. The van der Waals surface area contributed by atoms with Gasteiger partial charge in [-0.05, 0) is 46.2 Å². The molecular formula is C18H26N2O5. The minimum Gasteiger partial charge on any atom is -0.462 e. The van der Waals surface area contributed by atoms with Crippen molar-refractivity contribution >= 4 is 23.7 Å². The highest BCUT2D eigenvalue weighted by atomic mass is 16.6. The van der Waals surface area contributed by atoms with Crippen molar-refractivity contribution in [3.63, 3.8) is 0 Å². The van der Waals surface area contributed by atoms with Crippen LogP contribution in [0.15, 0.2) is 24.3 Å². The number of esters is 1. The van der Waals surface area contributed by atoms with Gasteiger partial charge in [0.1, 0.15) is 11.6 Å². The monoisotopic (exact) mass is 350 g/mol. The molecule has 0 aliphatic carbocycles. The summed E-state index contributed by atoms with van der Waals surface area (Å²) in [7, 11) is 0. The van der Waals surface area contributed by atoms with E-state index in [0.717, 1.165) is 0 Å². The zero-order valence-electron chi connectivity index (χ0n) is 15.3. The van der Waals surface area contributed by atoms with Gasteiger partial charge in [-0.2, -0.15) is 0 Å². The lowest BCUT2D eigenvalue weighted by molar-refractivity contribution is -0.118. The fourth-order valence-corrected chi connectivity index (χ4v) is 2.00. The molecule has 0 heterocycles. The third-order valence-electron chi connectivity index (χ3n) is 3.10. The number of alkyl carbamates (subject to hydrolysis) is 1. The minimum atomic E-state index is -0.787. The Morgan fingerprint density at radius 2 is 1.76 bits per heavy atom. The number of carbonyl (C=O) groups is 3. The maximum Gasteiger partial charge on any atom is 0.408 e. The Kier molecular flexibility index (Phi) is 7.42. The minimum absolute atomic E-state index is 0.235. The highest BCUT2D eigenvalue weighted by Crippen LogP contribution is 2.17. The molecule has 1 rings (SSSR count). The molecule has 2 N–H and O–H groups in total. The molecule has 2 amide bonds. The van der Waals surface area contributed by atoms with E-state index in [1.165, 1.54) is 0 Å². The molecule has 7 nitrogen and oxygen atoms in total. The van der Waals surface area contributed by atoms with Gasteiger partial charge in [0, 0.05) is 0 Å². The third-order valence-corrected chi connectivity index (χ3v) is 3.10. The molecule has 0 fully saturated rings. The fourth-order valence-electron chi connectivity index (χ4n) is 2.00. The van der Waals surface area contributed by atoms with Gasteiger partial charge in [0.2, 0.25) is 5.91 Å². The van der Waals surface area contributed by atoms with Gasteiger partial charge >= 0.3 is 12.1 Å². The van der Waals surface area contributed by atoms with Crippen LogP contribution in [0.5, 0.6) is 0 Å². The Balaban J connectivity index is 2.83. The zero-order chi connectivity index (χ0) is 19.0. The summed E-state index contributed by atoms with van der Waals surface area (Å²) in [4.78, 5) is 36.3. The number of benzene rings is 1. The first-order chi connectivity index (χ1) is 11.7. The summed E-state index contributed by atoms with van der Waals surface area (Å²) >= 11 is 0. The van der Waals surface area contributed by atoms with Crippen molar-refractivity contribution in [1.82, 2.24) is 5.32 Å². The molecule has 7 heteroatoms. The molecule has 138 valence electrons. The van der Waals surface area contributed by atoms with E-state index in [1.807, 2.05) is 0 Å². The second-order valence-corrected chi connectivity index (χ2v) is 6.36. The standard InChI is InChI=1S/C18H26N2O5/c1-6-13(20-17(23)25-18(3,4)5)15(21)19-14-11-9-8-10-12(14)16(22)24-7-2/h8-11,13H,6-7H2,1-5H3,(H,19,21)(H,20,23). The number of amides is 2. The summed E-state index contributed by atoms with van der Waals surface area (Å²) in [5, 5.41) is 5.19. The molecule has 1 atom stereocenters. The second-order valence-electron chi connectivity index (χ2n) is 6.36. The first-order valence-corrected chi connectivity index (χ1v) is 8.24. The van der Waals surface area contributed by atoms with E-state index in [9.17, 15) is 14.4 Å². The highest BCUT2D eigenvalue weighted by molar-refractivity contribution is 6.03. The van der Waals surface area contributed by atoms with E-state index in [4.69, 9.17) is 9.47 Å². The number of anilines is 1. The summed E-state index contributed by atoms with van der Waals surface area (Å²) in [6.07, 6.45) is -0.305. The van der Waals surface area contributed by atoms with E-state index in [1.54, 1.807) is 58.9 Å². The lowest BCUT2D eigenvalue weighted by Crippen LogP contribution is -2.45. The van der Waals surface area contributed by atoms with Crippen LogP contribution >= 0.6 is 0 Å². The summed E-state index contributed by atoms with van der Waals surface area (Å²) in [5.74, 6) is -0.961. The smallest absolute Gasteiger partial charge is 0.408 e. The molecule has 0 radical (unpaired) electrons. The van der Waals surface area contributed by atoms with Gasteiger partial charge in [-0.25, -0.2) is 9.59 Å². The van der Waals surface area contributed by atoms with Crippen LogP contribution < -0.4 is 10.6 Å². The van der Waals surface area contributed by atoms with E-state index in [-0.39, 0.29) is 12.2 Å². The van der Waals surface area contributed by atoms with Gasteiger partial charge in [0.05, 0.1) is 17.9 Å². The normalized spacial score (nSPS) is 12.0. The van der Waals surface area contributed by atoms with Crippen molar-refractivity contribution in [3.05, 3.63) is 29.8 Å². The second kappa shape index (κ2) is 9.05. The summed E-state index contributed by atoms with van der Waals surface area (Å²) in [5.41, 5.74) is -0.0739. The molecule has 1 aromatic rings. The molecule has 0 bridgehead atoms. The van der Waals surface area contributed by atoms with Gasteiger partial charge < -0.3 is 20.1 Å². The molecule has 0 spiro atoms. The van der Waals surface area contributed by atoms with Gasteiger partial charge in [-0.1, -0.05) is 19.1 Å². The summed E-state index contributed by atoms with van der Waals surface area (Å²) in [6, 6.07) is 5.75. The van der Waals surface area contributed by atoms with Gasteiger partial charge in [0.15, 0.2) is 0 Å². The molecule has 0 aliphatic heterocycles. The predicted octanol–water partition coefficient (Wildman–Crippen LogP) is 3.11. The number of carbonyl (C=O) groups excluding carboxylic acids is 3. The maximum atomic E-state index is 12.4. The van der Waals surface area contributed by atoms with Crippen LogP contribution in [0.3, 0.4) is 0 Å². The summed E-state index contributed by atoms with van der Waals surface area (Å²) in [6.45, 7) is 8.92. The van der Waals surface area contributed by atoms with E-state index in [0.29, 0.717) is 12.1 Å².